The fourth-order valence-electron chi connectivity index (χ4n) is 1.18. The van der Waals surface area contributed by atoms with Crippen LogP contribution in [0.5, 0.6) is 0 Å². The first kappa shape index (κ1) is 8.97. The predicted molar refractivity (Wildman–Crippen MR) is 55.3 cm³/mol. The Labute approximate surface area is 85.4 Å². The van der Waals surface area contributed by atoms with E-state index in [1.807, 2.05) is 12.1 Å². The Bertz CT molecular complexity index is 507. The van der Waals surface area contributed by atoms with Crippen LogP contribution >= 0.6 is 11.6 Å². The fourth-order valence-corrected chi connectivity index (χ4v) is 1.37. The number of benzene rings is 1. The molecule has 0 spiro atoms. The van der Waals surface area contributed by atoms with E-state index >= 15 is 0 Å². The van der Waals surface area contributed by atoms with Crippen molar-refractivity contribution in [2.45, 2.75) is 0 Å². The smallest absolute Gasteiger partial charge is 0.266 e. The highest BCUT2D eigenvalue weighted by Gasteiger charge is 1.98. The molecule has 2 aromatic rings. The molecule has 4 heteroatoms. The zero-order chi connectivity index (χ0) is 9.97. The van der Waals surface area contributed by atoms with Crippen LogP contribution in [0.2, 0.25) is 5.02 Å². The molecule has 0 atom stereocenters. The van der Waals surface area contributed by atoms with Crippen molar-refractivity contribution in [2.24, 2.45) is 0 Å². The molecule has 1 aromatic heterocycles. The van der Waals surface area contributed by atoms with Crippen LogP contribution in [-0.4, -0.2) is 9.97 Å². The van der Waals surface area contributed by atoms with Crippen molar-refractivity contribution in [3.8, 4) is 11.3 Å². The second-order valence-electron chi connectivity index (χ2n) is 2.82. The van der Waals surface area contributed by atoms with Crippen LogP contribution in [0, 0.1) is 0 Å². The number of aromatic nitrogens is 2. The van der Waals surface area contributed by atoms with E-state index in [9.17, 15) is 4.79 Å². The molecule has 0 saturated heterocycles. The van der Waals surface area contributed by atoms with Crippen LogP contribution in [0.3, 0.4) is 0 Å². The van der Waals surface area contributed by atoms with Crippen LogP contribution in [-0.2, 0) is 0 Å². The largest absolute Gasteiger partial charge is 0.319 e. The quantitative estimate of drug-likeness (QED) is 0.777. The molecule has 0 fully saturated rings. The zero-order valence-electron chi connectivity index (χ0n) is 7.20. The highest BCUT2D eigenvalue weighted by atomic mass is 35.5. The standard InChI is InChI=1S/C10H7ClN2O/c11-8-3-1-2-7(4-8)9-5-12-6-10(14)13-9/h1-6H,(H,13,14). The number of nitrogens with one attached hydrogen (secondary N) is 1. The third kappa shape index (κ3) is 1.83. The average molecular weight is 207 g/mol. The van der Waals surface area contributed by atoms with E-state index < -0.39 is 0 Å². The second kappa shape index (κ2) is 3.64. The van der Waals surface area contributed by atoms with E-state index in [1.54, 1.807) is 18.3 Å². The number of rotatable bonds is 1. The molecule has 1 aromatic carbocycles. The highest BCUT2D eigenvalue weighted by molar-refractivity contribution is 6.30. The minimum absolute atomic E-state index is 0.220. The van der Waals surface area contributed by atoms with Gasteiger partial charge < -0.3 is 4.98 Å². The van der Waals surface area contributed by atoms with E-state index in [1.165, 1.54) is 6.20 Å². The SMILES string of the molecule is O=c1cncc(-c2cccc(Cl)c2)[nH]1. The van der Waals surface area contributed by atoms with Gasteiger partial charge in [-0.2, -0.15) is 0 Å². The molecule has 0 aliphatic rings. The topological polar surface area (TPSA) is 45.8 Å². The summed E-state index contributed by atoms with van der Waals surface area (Å²) in [5.74, 6) is 0. The predicted octanol–water partition coefficient (Wildman–Crippen LogP) is 2.09. The van der Waals surface area contributed by atoms with Crippen molar-refractivity contribution in [1.29, 1.82) is 0 Å². The van der Waals surface area contributed by atoms with Crippen molar-refractivity contribution in [2.75, 3.05) is 0 Å². The van der Waals surface area contributed by atoms with E-state index in [4.69, 9.17) is 11.6 Å². The summed E-state index contributed by atoms with van der Waals surface area (Å²) >= 11 is 5.82. The number of hydrogen-bond donors (Lipinski definition) is 1. The Morgan fingerprint density at radius 3 is 2.86 bits per heavy atom. The summed E-state index contributed by atoms with van der Waals surface area (Å²) in [6.07, 6.45) is 2.82. The van der Waals surface area contributed by atoms with E-state index in [0.717, 1.165) is 5.56 Å². The Morgan fingerprint density at radius 1 is 1.29 bits per heavy atom. The average Bonchev–Trinajstić information content (AvgIpc) is 2.18. The highest BCUT2D eigenvalue weighted by Crippen LogP contribution is 2.18. The van der Waals surface area contributed by atoms with Gasteiger partial charge in [-0.05, 0) is 12.1 Å². The van der Waals surface area contributed by atoms with Gasteiger partial charge in [-0.1, -0.05) is 23.7 Å². The molecule has 0 aliphatic heterocycles. The van der Waals surface area contributed by atoms with Gasteiger partial charge in [0.15, 0.2) is 0 Å². The summed E-state index contributed by atoms with van der Waals surface area (Å²) in [4.78, 5) is 17.5. The minimum Gasteiger partial charge on any atom is -0.319 e. The molecule has 70 valence electrons. The van der Waals surface area contributed by atoms with E-state index in [0.29, 0.717) is 10.7 Å². The molecule has 0 aliphatic carbocycles. The summed E-state index contributed by atoms with van der Waals surface area (Å²) in [5.41, 5.74) is 1.30. The normalized spacial score (nSPS) is 10.1. The van der Waals surface area contributed by atoms with Gasteiger partial charge in [-0.3, -0.25) is 9.78 Å². The lowest BCUT2D eigenvalue weighted by molar-refractivity contribution is 1.14. The lowest BCUT2D eigenvalue weighted by atomic mass is 10.2. The molecule has 1 heterocycles. The number of halogens is 1. The molecule has 14 heavy (non-hydrogen) atoms. The fraction of sp³-hybridized carbons (Fsp3) is 0. The maximum atomic E-state index is 11.0. The van der Waals surface area contributed by atoms with Gasteiger partial charge in [-0.15, -0.1) is 0 Å². The third-order valence-electron chi connectivity index (χ3n) is 1.79. The molecule has 0 saturated carbocycles. The van der Waals surface area contributed by atoms with E-state index in [-0.39, 0.29) is 5.56 Å². The van der Waals surface area contributed by atoms with Crippen molar-refractivity contribution in [3.05, 3.63) is 52.0 Å². The maximum Gasteiger partial charge on any atom is 0.266 e. The number of hydrogen-bond acceptors (Lipinski definition) is 2. The third-order valence-corrected chi connectivity index (χ3v) is 2.02. The summed E-state index contributed by atoms with van der Waals surface area (Å²) in [7, 11) is 0. The van der Waals surface area contributed by atoms with Crippen molar-refractivity contribution < 1.29 is 0 Å². The van der Waals surface area contributed by atoms with Gasteiger partial charge in [0, 0.05) is 10.6 Å². The lowest BCUT2D eigenvalue weighted by Crippen LogP contribution is -2.05. The minimum atomic E-state index is -0.220. The van der Waals surface area contributed by atoms with Crippen LogP contribution < -0.4 is 5.56 Å². The Morgan fingerprint density at radius 2 is 2.14 bits per heavy atom. The van der Waals surface area contributed by atoms with Crippen LogP contribution in [0.1, 0.15) is 0 Å². The van der Waals surface area contributed by atoms with E-state index in [2.05, 4.69) is 9.97 Å². The first-order valence-electron chi connectivity index (χ1n) is 4.06. The number of H-pyrrole nitrogens is 1. The van der Waals surface area contributed by atoms with Crippen molar-refractivity contribution >= 4 is 11.6 Å². The van der Waals surface area contributed by atoms with Gasteiger partial charge in [0.05, 0.1) is 18.1 Å². The molecule has 3 nitrogen and oxygen atoms in total. The monoisotopic (exact) mass is 206 g/mol. The summed E-state index contributed by atoms with van der Waals surface area (Å²) < 4.78 is 0. The molecular formula is C10H7ClN2O. The van der Waals surface area contributed by atoms with Gasteiger partial charge in [0.1, 0.15) is 0 Å². The van der Waals surface area contributed by atoms with Crippen LogP contribution in [0.4, 0.5) is 0 Å². The Hall–Kier alpha value is -1.61. The number of aromatic amines is 1. The Kier molecular flexibility index (Phi) is 2.33. The second-order valence-corrected chi connectivity index (χ2v) is 3.26. The number of nitrogens with zero attached hydrogens (tertiary/aromatic N) is 1. The molecule has 0 unspecified atom stereocenters. The molecule has 0 amide bonds. The van der Waals surface area contributed by atoms with Gasteiger partial charge in [0.2, 0.25) is 0 Å². The van der Waals surface area contributed by atoms with Crippen molar-refractivity contribution in [3.63, 3.8) is 0 Å². The summed E-state index contributed by atoms with van der Waals surface area (Å²) in [5, 5.41) is 0.632. The summed E-state index contributed by atoms with van der Waals surface area (Å²) in [6.45, 7) is 0. The Balaban J connectivity index is 2.55. The summed E-state index contributed by atoms with van der Waals surface area (Å²) in [6, 6.07) is 7.23. The van der Waals surface area contributed by atoms with Gasteiger partial charge >= 0.3 is 0 Å². The molecule has 0 bridgehead atoms. The first-order chi connectivity index (χ1) is 6.75. The lowest BCUT2D eigenvalue weighted by Gasteiger charge is -1.99. The van der Waals surface area contributed by atoms with Gasteiger partial charge in [0.25, 0.3) is 5.56 Å². The molecule has 2 rings (SSSR count). The van der Waals surface area contributed by atoms with Crippen LogP contribution in [0.25, 0.3) is 11.3 Å². The maximum absolute atomic E-state index is 11.0. The van der Waals surface area contributed by atoms with Crippen LogP contribution in [0.15, 0.2) is 41.5 Å². The van der Waals surface area contributed by atoms with Gasteiger partial charge in [-0.25, -0.2) is 0 Å². The zero-order valence-corrected chi connectivity index (χ0v) is 7.95. The first-order valence-corrected chi connectivity index (χ1v) is 4.44. The molecule has 0 radical (unpaired) electrons. The molecular weight excluding hydrogens is 200 g/mol. The van der Waals surface area contributed by atoms with Crippen molar-refractivity contribution in [1.82, 2.24) is 9.97 Å². The molecule has 1 N–H and O–H groups in total.